The van der Waals surface area contributed by atoms with Crippen LogP contribution in [0.3, 0.4) is 0 Å². The fourth-order valence-corrected chi connectivity index (χ4v) is 4.88. The van der Waals surface area contributed by atoms with E-state index >= 15 is 0 Å². The molecule has 3 rings (SSSR count). The minimum Gasteiger partial charge on any atom is -0.357 e. The molecule has 1 aromatic heterocycles. The fourth-order valence-electron chi connectivity index (χ4n) is 4.01. The molecule has 2 heterocycles. The van der Waals surface area contributed by atoms with E-state index in [-0.39, 0.29) is 12.0 Å². The molecule has 1 aliphatic heterocycles. The summed E-state index contributed by atoms with van der Waals surface area (Å²) in [4.78, 5) is 24.1. The maximum Gasteiger partial charge on any atom is 0.225 e. The number of thiazole rings is 1. The van der Waals surface area contributed by atoms with Crippen LogP contribution in [-0.2, 0) is 11.2 Å². The van der Waals surface area contributed by atoms with E-state index in [1.54, 1.807) is 11.3 Å². The summed E-state index contributed by atoms with van der Waals surface area (Å²) in [5, 5.41) is 10.2. The van der Waals surface area contributed by atoms with Gasteiger partial charge in [-0.25, -0.2) is 4.98 Å². The molecule has 2 fully saturated rings. The van der Waals surface area contributed by atoms with Gasteiger partial charge in [-0.15, -0.1) is 11.3 Å². The zero-order valence-electron chi connectivity index (χ0n) is 17.5. The largest absolute Gasteiger partial charge is 0.357 e. The SMILES string of the molecule is CCNC(=NCCc1csc(C(C)C)n1)NC1CCN(C(=O)C2CCCC2)C1. The third-order valence-corrected chi connectivity index (χ3v) is 6.78. The van der Waals surface area contributed by atoms with Crippen molar-refractivity contribution in [3.8, 4) is 0 Å². The van der Waals surface area contributed by atoms with Gasteiger partial charge in [-0.2, -0.15) is 0 Å². The smallest absolute Gasteiger partial charge is 0.225 e. The van der Waals surface area contributed by atoms with Crippen molar-refractivity contribution >= 4 is 23.2 Å². The molecule has 1 saturated heterocycles. The molecular weight excluding hydrogens is 370 g/mol. The molecule has 7 heteroatoms. The topological polar surface area (TPSA) is 69.6 Å². The summed E-state index contributed by atoms with van der Waals surface area (Å²) in [5.74, 6) is 1.98. The maximum atomic E-state index is 12.6. The van der Waals surface area contributed by atoms with Crippen molar-refractivity contribution in [2.24, 2.45) is 10.9 Å². The minimum absolute atomic E-state index is 0.273. The van der Waals surface area contributed by atoms with Gasteiger partial charge >= 0.3 is 0 Å². The number of likely N-dealkylation sites (tertiary alicyclic amines) is 1. The van der Waals surface area contributed by atoms with E-state index in [4.69, 9.17) is 4.99 Å². The molecule has 0 bridgehead atoms. The average molecular weight is 406 g/mol. The Morgan fingerprint density at radius 3 is 2.82 bits per heavy atom. The highest BCUT2D eigenvalue weighted by Gasteiger charge is 2.32. The fraction of sp³-hybridized carbons (Fsp3) is 0.762. The summed E-state index contributed by atoms with van der Waals surface area (Å²) in [7, 11) is 0. The van der Waals surface area contributed by atoms with Crippen LogP contribution in [-0.4, -0.2) is 54.0 Å². The molecule has 28 heavy (non-hydrogen) atoms. The number of rotatable bonds is 7. The van der Waals surface area contributed by atoms with Crippen molar-refractivity contribution in [3.05, 3.63) is 16.1 Å². The second kappa shape index (κ2) is 10.2. The summed E-state index contributed by atoms with van der Waals surface area (Å²) in [6.45, 7) is 9.64. The Bertz CT molecular complexity index is 666. The first-order valence-corrected chi connectivity index (χ1v) is 11.7. The molecule has 156 valence electrons. The Morgan fingerprint density at radius 1 is 1.36 bits per heavy atom. The van der Waals surface area contributed by atoms with Crippen LogP contribution < -0.4 is 10.6 Å². The lowest BCUT2D eigenvalue weighted by atomic mass is 10.1. The number of hydrogen-bond donors (Lipinski definition) is 2. The lowest BCUT2D eigenvalue weighted by Gasteiger charge is -2.21. The molecule has 0 spiro atoms. The van der Waals surface area contributed by atoms with E-state index in [0.717, 1.165) is 57.0 Å². The van der Waals surface area contributed by atoms with Gasteiger partial charge in [-0.05, 0) is 26.2 Å². The number of nitrogens with zero attached hydrogens (tertiary/aromatic N) is 3. The molecule has 0 radical (unpaired) electrons. The van der Waals surface area contributed by atoms with Gasteiger partial charge < -0.3 is 15.5 Å². The Hall–Kier alpha value is -1.63. The second-order valence-electron chi connectivity index (χ2n) is 8.24. The highest BCUT2D eigenvalue weighted by atomic mass is 32.1. The van der Waals surface area contributed by atoms with Crippen molar-refractivity contribution in [2.75, 3.05) is 26.2 Å². The number of aliphatic imine (C=N–C) groups is 1. The zero-order valence-corrected chi connectivity index (χ0v) is 18.4. The molecule has 1 unspecified atom stereocenters. The van der Waals surface area contributed by atoms with E-state index in [9.17, 15) is 4.79 Å². The van der Waals surface area contributed by atoms with Gasteiger partial charge in [-0.3, -0.25) is 9.79 Å². The summed E-state index contributed by atoms with van der Waals surface area (Å²) >= 11 is 1.74. The monoisotopic (exact) mass is 405 g/mol. The molecule has 1 atom stereocenters. The first-order valence-electron chi connectivity index (χ1n) is 10.8. The Labute approximate surface area is 173 Å². The van der Waals surface area contributed by atoms with E-state index in [1.807, 2.05) is 0 Å². The zero-order chi connectivity index (χ0) is 19.9. The van der Waals surface area contributed by atoms with Gasteiger partial charge in [-0.1, -0.05) is 26.7 Å². The molecule has 2 N–H and O–H groups in total. The van der Waals surface area contributed by atoms with Gasteiger partial charge in [0.05, 0.1) is 10.7 Å². The number of aromatic nitrogens is 1. The van der Waals surface area contributed by atoms with Crippen molar-refractivity contribution in [1.82, 2.24) is 20.5 Å². The number of nitrogens with one attached hydrogen (secondary N) is 2. The number of guanidine groups is 1. The first kappa shape index (κ1) is 21.1. The van der Waals surface area contributed by atoms with Crippen molar-refractivity contribution in [2.45, 2.75) is 71.3 Å². The highest BCUT2D eigenvalue weighted by Crippen LogP contribution is 2.27. The van der Waals surface area contributed by atoms with E-state index in [1.165, 1.54) is 17.8 Å². The van der Waals surface area contributed by atoms with Crippen LogP contribution in [0.4, 0.5) is 0 Å². The molecule has 0 aromatic carbocycles. The first-order chi connectivity index (χ1) is 13.6. The molecule has 1 aliphatic carbocycles. The van der Waals surface area contributed by atoms with Crippen molar-refractivity contribution in [1.29, 1.82) is 0 Å². The van der Waals surface area contributed by atoms with Crippen LogP contribution in [0, 0.1) is 5.92 Å². The van der Waals surface area contributed by atoms with Crippen LogP contribution in [0.15, 0.2) is 10.4 Å². The third kappa shape index (κ3) is 5.69. The van der Waals surface area contributed by atoms with Gasteiger partial charge in [0, 0.05) is 55.9 Å². The Balaban J connectivity index is 1.48. The summed E-state index contributed by atoms with van der Waals surface area (Å²) < 4.78 is 0. The molecule has 2 aliphatic rings. The Morgan fingerprint density at radius 2 is 2.14 bits per heavy atom. The average Bonchev–Trinajstić information content (AvgIpc) is 3.43. The predicted molar refractivity (Wildman–Crippen MR) is 116 cm³/mol. The van der Waals surface area contributed by atoms with Crippen LogP contribution >= 0.6 is 11.3 Å². The lowest BCUT2D eigenvalue weighted by molar-refractivity contribution is -0.134. The highest BCUT2D eigenvalue weighted by molar-refractivity contribution is 7.09. The van der Waals surface area contributed by atoms with E-state index in [2.05, 4.69) is 46.7 Å². The van der Waals surface area contributed by atoms with Crippen LogP contribution in [0.25, 0.3) is 0 Å². The van der Waals surface area contributed by atoms with Crippen LogP contribution in [0.5, 0.6) is 0 Å². The maximum absolute atomic E-state index is 12.6. The summed E-state index contributed by atoms with van der Waals surface area (Å²) in [6.07, 6.45) is 6.42. The van der Waals surface area contributed by atoms with Crippen molar-refractivity contribution < 1.29 is 4.79 Å². The Kier molecular flexibility index (Phi) is 7.71. The van der Waals surface area contributed by atoms with Crippen LogP contribution in [0.2, 0.25) is 0 Å². The molecule has 6 nitrogen and oxygen atoms in total. The predicted octanol–water partition coefficient (Wildman–Crippen LogP) is 3.16. The standard InChI is InChI=1S/C21H35N5OS/c1-4-22-21(23-11-9-18-14-28-19(24-18)15(2)3)25-17-10-12-26(13-17)20(27)16-7-5-6-8-16/h14-17H,4-13H2,1-3H3,(H2,22,23,25). The number of amides is 1. The second-order valence-corrected chi connectivity index (χ2v) is 9.13. The lowest BCUT2D eigenvalue weighted by Crippen LogP contribution is -2.45. The number of carbonyl (C=O) groups is 1. The summed E-state index contributed by atoms with van der Waals surface area (Å²) in [6, 6.07) is 0.287. The van der Waals surface area contributed by atoms with E-state index < -0.39 is 0 Å². The normalized spacial score (nSPS) is 20.9. The number of carbonyl (C=O) groups excluding carboxylic acids is 1. The molecular formula is C21H35N5OS. The molecule has 1 amide bonds. The van der Waals surface area contributed by atoms with Crippen LogP contribution in [0.1, 0.15) is 69.5 Å². The molecule has 1 saturated carbocycles. The third-order valence-electron chi connectivity index (χ3n) is 5.59. The van der Waals surface area contributed by atoms with Crippen molar-refractivity contribution in [3.63, 3.8) is 0 Å². The quantitative estimate of drug-likeness (QED) is 0.540. The number of hydrogen-bond acceptors (Lipinski definition) is 4. The summed E-state index contributed by atoms with van der Waals surface area (Å²) in [5.41, 5.74) is 1.13. The van der Waals surface area contributed by atoms with Gasteiger partial charge in [0.15, 0.2) is 5.96 Å². The van der Waals surface area contributed by atoms with E-state index in [0.29, 0.717) is 18.4 Å². The minimum atomic E-state index is 0.273. The molecule has 1 aromatic rings. The van der Waals surface area contributed by atoms with Gasteiger partial charge in [0.1, 0.15) is 0 Å². The van der Waals surface area contributed by atoms with Gasteiger partial charge in [0.25, 0.3) is 0 Å². The van der Waals surface area contributed by atoms with Gasteiger partial charge in [0.2, 0.25) is 5.91 Å².